The molecule has 1 fully saturated rings. The molecule has 1 N–H and O–H groups in total. The molecule has 1 saturated heterocycles. The maximum atomic E-state index is 4.56. The van der Waals surface area contributed by atoms with Crippen molar-refractivity contribution in [3.8, 4) is 0 Å². The highest BCUT2D eigenvalue weighted by Gasteiger charge is 2.30. The van der Waals surface area contributed by atoms with Gasteiger partial charge >= 0.3 is 0 Å². The summed E-state index contributed by atoms with van der Waals surface area (Å²) >= 11 is 0. The Bertz CT molecular complexity index is 1460. The van der Waals surface area contributed by atoms with E-state index < -0.39 is 0 Å². The van der Waals surface area contributed by atoms with Crippen LogP contribution in [0.15, 0.2) is 97.2 Å². The van der Waals surface area contributed by atoms with Crippen molar-refractivity contribution in [3.05, 3.63) is 120 Å². The normalized spacial score (nSPS) is 15.9. The molecule has 1 aliphatic heterocycles. The van der Waals surface area contributed by atoms with Gasteiger partial charge in [-0.25, -0.2) is 4.68 Å². The fourth-order valence-electron chi connectivity index (χ4n) is 5.40. The molecule has 2 aromatic heterocycles. The number of rotatable bonds is 9. The monoisotopic (exact) mass is 503 g/mol. The number of benzene rings is 3. The van der Waals surface area contributed by atoms with E-state index in [1.807, 2.05) is 4.68 Å². The lowest BCUT2D eigenvalue weighted by Crippen LogP contribution is -2.48. The van der Waals surface area contributed by atoms with Gasteiger partial charge in [-0.2, -0.15) is 0 Å². The summed E-state index contributed by atoms with van der Waals surface area (Å²) in [6.45, 7) is 5.65. The third kappa shape index (κ3) is 5.44. The average molecular weight is 504 g/mol. The second-order valence-electron chi connectivity index (χ2n) is 9.83. The van der Waals surface area contributed by atoms with Crippen LogP contribution in [0.5, 0.6) is 0 Å². The van der Waals surface area contributed by atoms with Crippen molar-refractivity contribution in [2.24, 2.45) is 0 Å². The quantitative estimate of drug-likeness (QED) is 0.313. The SMILES string of the molecule is C(=Cc1ccccc1)CN1CCN([C@@H](c2ccccc2)c2nnnn2CCc2c[nH]c3ccccc23)CC1. The first kappa shape index (κ1) is 24.3. The molecular weight excluding hydrogens is 470 g/mol. The summed E-state index contributed by atoms with van der Waals surface area (Å²) in [5, 5.41) is 14.4. The number of nitrogens with one attached hydrogen (secondary N) is 1. The van der Waals surface area contributed by atoms with Crippen LogP contribution in [0.3, 0.4) is 0 Å². The Kier molecular flexibility index (Phi) is 7.37. The minimum absolute atomic E-state index is 0.0242. The van der Waals surface area contributed by atoms with E-state index in [1.54, 1.807) is 0 Å². The molecule has 192 valence electrons. The number of aromatic amines is 1. The molecule has 0 bridgehead atoms. The van der Waals surface area contributed by atoms with Gasteiger partial charge in [0.2, 0.25) is 0 Å². The third-order valence-electron chi connectivity index (χ3n) is 7.43. The molecular formula is C31H33N7. The molecule has 3 aromatic carbocycles. The predicted molar refractivity (Wildman–Crippen MR) is 152 cm³/mol. The highest BCUT2D eigenvalue weighted by Crippen LogP contribution is 2.28. The molecule has 0 spiro atoms. The van der Waals surface area contributed by atoms with Crippen LogP contribution in [0.1, 0.15) is 28.6 Å². The van der Waals surface area contributed by atoms with Crippen LogP contribution in [-0.2, 0) is 13.0 Å². The van der Waals surface area contributed by atoms with Crippen molar-refractivity contribution in [1.82, 2.24) is 35.0 Å². The lowest BCUT2D eigenvalue weighted by atomic mass is 10.0. The minimum Gasteiger partial charge on any atom is -0.361 e. The zero-order chi connectivity index (χ0) is 25.6. The molecule has 0 amide bonds. The fraction of sp³-hybridized carbons (Fsp3) is 0.258. The molecule has 3 heterocycles. The summed E-state index contributed by atoms with van der Waals surface area (Å²) in [5.41, 5.74) is 4.93. The van der Waals surface area contributed by atoms with E-state index in [9.17, 15) is 0 Å². The van der Waals surface area contributed by atoms with E-state index in [-0.39, 0.29) is 6.04 Å². The van der Waals surface area contributed by atoms with Crippen LogP contribution in [-0.4, -0.2) is 67.7 Å². The Morgan fingerprint density at radius 1 is 0.842 bits per heavy atom. The highest BCUT2D eigenvalue weighted by molar-refractivity contribution is 5.83. The van der Waals surface area contributed by atoms with Crippen LogP contribution in [0.4, 0.5) is 0 Å². The number of H-pyrrole nitrogens is 1. The van der Waals surface area contributed by atoms with Crippen LogP contribution in [0, 0.1) is 0 Å². The third-order valence-corrected chi connectivity index (χ3v) is 7.43. The fourth-order valence-corrected chi connectivity index (χ4v) is 5.40. The zero-order valence-electron chi connectivity index (χ0n) is 21.5. The molecule has 7 nitrogen and oxygen atoms in total. The Balaban J connectivity index is 1.16. The lowest BCUT2D eigenvalue weighted by Gasteiger charge is -2.38. The van der Waals surface area contributed by atoms with Crippen molar-refractivity contribution in [3.63, 3.8) is 0 Å². The van der Waals surface area contributed by atoms with Gasteiger partial charge in [0.15, 0.2) is 5.82 Å². The molecule has 7 heteroatoms. The summed E-state index contributed by atoms with van der Waals surface area (Å²) in [5.74, 6) is 0.911. The molecule has 38 heavy (non-hydrogen) atoms. The van der Waals surface area contributed by atoms with Gasteiger partial charge in [0.1, 0.15) is 0 Å². The Morgan fingerprint density at radius 3 is 2.39 bits per heavy atom. The van der Waals surface area contributed by atoms with Crippen LogP contribution in [0.25, 0.3) is 17.0 Å². The number of hydrogen-bond acceptors (Lipinski definition) is 5. The average Bonchev–Trinajstić information content (AvgIpc) is 3.61. The summed E-state index contributed by atoms with van der Waals surface area (Å²) in [7, 11) is 0. The van der Waals surface area contributed by atoms with Crippen LogP contribution < -0.4 is 0 Å². The van der Waals surface area contributed by atoms with E-state index in [1.165, 1.54) is 22.1 Å². The molecule has 0 saturated carbocycles. The molecule has 6 rings (SSSR count). The summed E-state index contributed by atoms with van der Waals surface area (Å²) in [6, 6.07) is 29.6. The number of para-hydroxylation sites is 1. The maximum absolute atomic E-state index is 4.56. The summed E-state index contributed by atoms with van der Waals surface area (Å²) in [6.07, 6.45) is 7.45. The second-order valence-corrected chi connectivity index (χ2v) is 9.83. The molecule has 0 unspecified atom stereocenters. The van der Waals surface area contributed by atoms with Crippen molar-refractivity contribution < 1.29 is 0 Å². The number of aryl methyl sites for hydroxylation is 2. The Hall–Kier alpha value is -4.07. The number of fused-ring (bicyclic) bond motifs is 1. The first-order chi connectivity index (χ1) is 18.8. The van der Waals surface area contributed by atoms with E-state index >= 15 is 0 Å². The van der Waals surface area contributed by atoms with Crippen molar-refractivity contribution >= 4 is 17.0 Å². The Labute approximate surface area is 223 Å². The highest BCUT2D eigenvalue weighted by atomic mass is 15.6. The van der Waals surface area contributed by atoms with Crippen LogP contribution >= 0.6 is 0 Å². The smallest absolute Gasteiger partial charge is 0.173 e. The number of tetrazole rings is 1. The van der Waals surface area contributed by atoms with Gasteiger partial charge in [-0.1, -0.05) is 91.0 Å². The molecule has 1 atom stereocenters. The van der Waals surface area contributed by atoms with Crippen molar-refractivity contribution in [2.45, 2.75) is 19.0 Å². The number of nitrogens with zero attached hydrogens (tertiary/aromatic N) is 6. The summed E-state index contributed by atoms with van der Waals surface area (Å²) in [4.78, 5) is 8.42. The van der Waals surface area contributed by atoms with Gasteiger partial charge in [-0.05, 0) is 39.6 Å². The second kappa shape index (κ2) is 11.5. The minimum atomic E-state index is 0.0242. The largest absolute Gasteiger partial charge is 0.361 e. The van der Waals surface area contributed by atoms with Crippen molar-refractivity contribution in [2.75, 3.05) is 32.7 Å². The van der Waals surface area contributed by atoms with Gasteiger partial charge in [-0.15, -0.1) is 5.10 Å². The standard InChI is InChI=1S/C31H33N7/c1-3-10-25(11-4-1)12-9-18-36-20-22-37(23-21-36)30(26-13-5-2-6-14-26)31-33-34-35-38(31)19-17-27-24-32-29-16-8-7-15-28(27)29/h1-16,24,30,32H,17-23H2/t30-/m0/s1. The first-order valence-electron chi connectivity index (χ1n) is 13.4. The number of hydrogen-bond donors (Lipinski definition) is 1. The number of aromatic nitrogens is 5. The van der Waals surface area contributed by atoms with Gasteiger partial charge in [0, 0.05) is 56.4 Å². The van der Waals surface area contributed by atoms with E-state index in [4.69, 9.17) is 0 Å². The van der Waals surface area contributed by atoms with Crippen molar-refractivity contribution in [1.29, 1.82) is 0 Å². The molecule has 1 aliphatic rings. The van der Waals surface area contributed by atoms with E-state index in [0.717, 1.165) is 57.0 Å². The van der Waals surface area contributed by atoms with E-state index in [0.29, 0.717) is 0 Å². The predicted octanol–water partition coefficient (Wildman–Crippen LogP) is 4.82. The summed E-state index contributed by atoms with van der Waals surface area (Å²) < 4.78 is 1.99. The first-order valence-corrected chi connectivity index (χ1v) is 13.4. The van der Waals surface area contributed by atoms with Gasteiger partial charge in [-0.3, -0.25) is 9.80 Å². The molecule has 0 aliphatic carbocycles. The van der Waals surface area contributed by atoms with Gasteiger partial charge in [0.25, 0.3) is 0 Å². The van der Waals surface area contributed by atoms with Crippen LogP contribution in [0.2, 0.25) is 0 Å². The Morgan fingerprint density at radius 2 is 1.58 bits per heavy atom. The number of piperazine rings is 1. The zero-order valence-corrected chi connectivity index (χ0v) is 21.5. The maximum Gasteiger partial charge on any atom is 0.173 e. The molecule has 5 aromatic rings. The van der Waals surface area contributed by atoms with Gasteiger partial charge < -0.3 is 4.98 Å². The topological polar surface area (TPSA) is 65.9 Å². The lowest BCUT2D eigenvalue weighted by molar-refractivity contribution is 0.112. The van der Waals surface area contributed by atoms with Gasteiger partial charge in [0.05, 0.1) is 6.04 Å². The molecule has 0 radical (unpaired) electrons. The van der Waals surface area contributed by atoms with E-state index in [2.05, 4.69) is 134 Å².